The Hall–Kier alpha value is -2.63. The van der Waals surface area contributed by atoms with Crippen LogP contribution in [0.1, 0.15) is 19.3 Å². The number of ether oxygens (including phenoxy) is 1. The largest absolute Gasteiger partial charge is 0.497 e. The smallest absolute Gasteiger partial charge is 0.118 e. The molecule has 1 aliphatic rings. The summed E-state index contributed by atoms with van der Waals surface area (Å²) in [6, 6.07) is 19.3. The van der Waals surface area contributed by atoms with Crippen LogP contribution < -0.4 is 15.4 Å². The maximum atomic E-state index is 5.29. The van der Waals surface area contributed by atoms with Crippen molar-refractivity contribution in [3.05, 3.63) is 54.6 Å². The number of nitrogens with zero attached hydrogens (tertiary/aromatic N) is 2. The van der Waals surface area contributed by atoms with Gasteiger partial charge in [0, 0.05) is 29.2 Å². The first kappa shape index (κ1) is 20.6. The molecule has 0 unspecified atom stereocenters. The zero-order valence-electron chi connectivity index (χ0n) is 18.0. The van der Waals surface area contributed by atoms with Crippen molar-refractivity contribution < 1.29 is 4.74 Å². The Balaban J connectivity index is 1.45. The minimum Gasteiger partial charge on any atom is -0.497 e. The highest BCUT2D eigenvalue weighted by molar-refractivity contribution is 5.93. The van der Waals surface area contributed by atoms with Gasteiger partial charge in [-0.1, -0.05) is 18.2 Å². The molecule has 158 valence electrons. The lowest BCUT2D eigenvalue weighted by Crippen LogP contribution is -2.41. The van der Waals surface area contributed by atoms with E-state index in [1.807, 2.05) is 18.2 Å². The van der Waals surface area contributed by atoms with Gasteiger partial charge >= 0.3 is 0 Å². The molecule has 0 bridgehead atoms. The van der Waals surface area contributed by atoms with E-state index in [1.165, 1.54) is 18.2 Å². The molecule has 2 aromatic carbocycles. The van der Waals surface area contributed by atoms with E-state index in [0.717, 1.165) is 66.9 Å². The number of methoxy groups -OCH3 is 1. The van der Waals surface area contributed by atoms with Gasteiger partial charge in [-0.05, 0) is 82.3 Å². The Kier molecular flexibility index (Phi) is 6.82. The van der Waals surface area contributed by atoms with Crippen molar-refractivity contribution in [1.29, 1.82) is 0 Å². The van der Waals surface area contributed by atoms with E-state index >= 15 is 0 Å². The summed E-state index contributed by atoms with van der Waals surface area (Å²) in [5.74, 6) is 0.857. The molecular weight excluding hydrogens is 372 g/mol. The van der Waals surface area contributed by atoms with Crippen LogP contribution in [0.25, 0.3) is 22.2 Å². The summed E-state index contributed by atoms with van der Waals surface area (Å²) >= 11 is 0. The van der Waals surface area contributed by atoms with E-state index in [2.05, 4.69) is 59.0 Å². The highest BCUT2D eigenvalue weighted by Gasteiger charge is 2.17. The van der Waals surface area contributed by atoms with E-state index in [9.17, 15) is 0 Å². The van der Waals surface area contributed by atoms with Gasteiger partial charge in [0.2, 0.25) is 0 Å². The third-order valence-corrected chi connectivity index (χ3v) is 6.04. The van der Waals surface area contributed by atoms with Gasteiger partial charge in [0.05, 0.1) is 18.3 Å². The van der Waals surface area contributed by atoms with Crippen molar-refractivity contribution in [2.45, 2.75) is 25.3 Å². The van der Waals surface area contributed by atoms with Crippen LogP contribution in [0.3, 0.4) is 0 Å². The van der Waals surface area contributed by atoms with Gasteiger partial charge in [0.1, 0.15) is 5.75 Å². The number of nitrogens with one attached hydrogen (secondary N) is 2. The standard InChI is InChI=1S/C25H32N4O/c1-29(20-12-15-26-16-13-20)17-5-14-27-25-18-24(19-8-10-21(30-2)11-9-19)28-23-7-4-3-6-22(23)25/h3-4,6-11,18,20,26H,5,12-17H2,1-2H3,(H,27,28). The second-order valence-corrected chi connectivity index (χ2v) is 8.04. The zero-order valence-corrected chi connectivity index (χ0v) is 18.0. The number of rotatable bonds is 8. The van der Waals surface area contributed by atoms with Crippen LogP contribution >= 0.6 is 0 Å². The Morgan fingerprint density at radius 3 is 2.63 bits per heavy atom. The van der Waals surface area contributed by atoms with Crippen molar-refractivity contribution in [2.24, 2.45) is 0 Å². The van der Waals surface area contributed by atoms with Crippen LogP contribution in [0.2, 0.25) is 0 Å². The summed E-state index contributed by atoms with van der Waals surface area (Å²) in [6.45, 7) is 4.35. The predicted octanol–water partition coefficient (Wildman–Crippen LogP) is 4.40. The summed E-state index contributed by atoms with van der Waals surface area (Å²) in [7, 11) is 3.95. The minimum absolute atomic E-state index is 0.717. The first-order valence-electron chi connectivity index (χ1n) is 10.9. The summed E-state index contributed by atoms with van der Waals surface area (Å²) in [4.78, 5) is 7.41. The number of fused-ring (bicyclic) bond motifs is 1. The zero-order chi connectivity index (χ0) is 20.8. The Morgan fingerprint density at radius 1 is 1.10 bits per heavy atom. The van der Waals surface area contributed by atoms with Gasteiger partial charge in [0.15, 0.2) is 0 Å². The fourth-order valence-corrected chi connectivity index (χ4v) is 4.21. The SMILES string of the molecule is COc1ccc(-c2cc(NCCCN(C)C3CCNCC3)c3ccccc3n2)cc1. The number of benzene rings is 2. The summed E-state index contributed by atoms with van der Waals surface area (Å²) in [6.07, 6.45) is 3.63. The third kappa shape index (κ3) is 4.91. The molecule has 5 nitrogen and oxygen atoms in total. The van der Waals surface area contributed by atoms with Crippen LogP contribution in [0.15, 0.2) is 54.6 Å². The van der Waals surface area contributed by atoms with Crippen LogP contribution in [0.4, 0.5) is 5.69 Å². The molecule has 1 saturated heterocycles. The number of aromatic nitrogens is 1. The van der Waals surface area contributed by atoms with Gasteiger partial charge in [-0.2, -0.15) is 0 Å². The maximum Gasteiger partial charge on any atom is 0.118 e. The molecule has 0 saturated carbocycles. The molecule has 1 aromatic heterocycles. The molecule has 0 amide bonds. The fourth-order valence-electron chi connectivity index (χ4n) is 4.21. The van der Waals surface area contributed by atoms with Crippen molar-refractivity contribution in [1.82, 2.24) is 15.2 Å². The molecule has 0 atom stereocenters. The number of anilines is 1. The molecule has 2 heterocycles. The molecule has 4 rings (SSSR count). The van der Waals surface area contributed by atoms with Crippen molar-refractivity contribution in [3.8, 4) is 17.0 Å². The minimum atomic E-state index is 0.717. The number of piperidine rings is 1. The first-order chi connectivity index (χ1) is 14.7. The van der Waals surface area contributed by atoms with E-state index < -0.39 is 0 Å². The average Bonchev–Trinajstić information content (AvgIpc) is 2.82. The maximum absolute atomic E-state index is 5.29. The topological polar surface area (TPSA) is 49.4 Å². The summed E-state index contributed by atoms with van der Waals surface area (Å²) < 4.78 is 5.29. The van der Waals surface area contributed by atoms with Crippen LogP contribution in [0, 0.1) is 0 Å². The van der Waals surface area contributed by atoms with Crippen LogP contribution in [-0.2, 0) is 0 Å². The van der Waals surface area contributed by atoms with Crippen molar-refractivity contribution >= 4 is 16.6 Å². The second-order valence-electron chi connectivity index (χ2n) is 8.04. The highest BCUT2D eigenvalue weighted by atomic mass is 16.5. The normalized spacial score (nSPS) is 14.9. The molecular formula is C25H32N4O. The van der Waals surface area contributed by atoms with E-state index in [-0.39, 0.29) is 0 Å². The molecule has 30 heavy (non-hydrogen) atoms. The Bertz CT molecular complexity index is 951. The monoisotopic (exact) mass is 404 g/mol. The van der Waals surface area contributed by atoms with E-state index in [0.29, 0.717) is 0 Å². The lowest BCUT2D eigenvalue weighted by molar-refractivity contribution is 0.199. The molecule has 3 aromatic rings. The van der Waals surface area contributed by atoms with Gasteiger partial charge in [-0.15, -0.1) is 0 Å². The average molecular weight is 405 g/mol. The molecule has 2 N–H and O–H groups in total. The number of hydrogen-bond donors (Lipinski definition) is 2. The highest BCUT2D eigenvalue weighted by Crippen LogP contribution is 2.29. The first-order valence-corrected chi connectivity index (χ1v) is 10.9. The molecule has 0 radical (unpaired) electrons. The van der Waals surface area contributed by atoms with E-state index in [4.69, 9.17) is 9.72 Å². The number of para-hydroxylation sites is 1. The molecule has 0 spiro atoms. The number of pyridine rings is 1. The second kappa shape index (κ2) is 9.92. The van der Waals surface area contributed by atoms with Gasteiger partial charge in [0.25, 0.3) is 0 Å². The predicted molar refractivity (Wildman–Crippen MR) is 125 cm³/mol. The summed E-state index contributed by atoms with van der Waals surface area (Å²) in [5.41, 5.74) is 4.23. The number of hydrogen-bond acceptors (Lipinski definition) is 5. The lowest BCUT2D eigenvalue weighted by atomic mass is 10.1. The molecule has 1 fully saturated rings. The lowest BCUT2D eigenvalue weighted by Gasteiger charge is -2.31. The fraction of sp³-hybridized carbons (Fsp3) is 0.400. The molecule has 0 aliphatic carbocycles. The van der Waals surface area contributed by atoms with E-state index in [1.54, 1.807) is 7.11 Å². The van der Waals surface area contributed by atoms with Gasteiger partial charge in [-0.3, -0.25) is 0 Å². The van der Waals surface area contributed by atoms with Crippen LogP contribution in [-0.4, -0.2) is 56.3 Å². The summed E-state index contributed by atoms with van der Waals surface area (Å²) in [5, 5.41) is 8.29. The van der Waals surface area contributed by atoms with Crippen molar-refractivity contribution in [3.63, 3.8) is 0 Å². The van der Waals surface area contributed by atoms with Gasteiger partial charge in [-0.25, -0.2) is 4.98 Å². The van der Waals surface area contributed by atoms with Gasteiger partial charge < -0.3 is 20.3 Å². The molecule has 5 heteroatoms. The van der Waals surface area contributed by atoms with Crippen molar-refractivity contribution in [2.75, 3.05) is 45.7 Å². The Morgan fingerprint density at radius 2 is 1.87 bits per heavy atom. The molecule has 1 aliphatic heterocycles. The quantitative estimate of drug-likeness (QED) is 0.545. The Labute approximate surface area is 179 Å². The third-order valence-electron chi connectivity index (χ3n) is 6.04. The van der Waals surface area contributed by atoms with Crippen LogP contribution in [0.5, 0.6) is 5.75 Å².